The van der Waals surface area contributed by atoms with E-state index < -0.39 is 0 Å². The van der Waals surface area contributed by atoms with Gasteiger partial charge in [0.2, 0.25) is 0 Å². The Morgan fingerprint density at radius 1 is 0.380 bits per heavy atom. The Bertz CT molecular complexity index is 2600. The molecular formula is C46H30N4. The van der Waals surface area contributed by atoms with E-state index in [1.54, 1.807) is 0 Å². The Balaban J connectivity index is 1.18. The van der Waals surface area contributed by atoms with Crippen molar-refractivity contribution in [2.24, 2.45) is 0 Å². The Morgan fingerprint density at radius 3 is 1.38 bits per heavy atom. The Hall–Kier alpha value is -6.78. The van der Waals surface area contributed by atoms with Gasteiger partial charge in [0.05, 0.1) is 27.8 Å². The highest BCUT2D eigenvalue weighted by atomic mass is 15.0. The minimum absolute atomic E-state index is 0.917. The average molecular weight is 639 g/mol. The van der Waals surface area contributed by atoms with Crippen LogP contribution in [0.1, 0.15) is 0 Å². The molecule has 0 aliphatic carbocycles. The number of para-hydroxylation sites is 4. The normalized spacial score (nSPS) is 11.6. The molecule has 0 unspecified atom stereocenters. The second-order valence-electron chi connectivity index (χ2n) is 12.7. The second-order valence-corrected chi connectivity index (χ2v) is 12.7. The molecule has 10 rings (SSSR count). The molecule has 10 aromatic rings. The number of benzene rings is 6. The fraction of sp³-hybridized carbons (Fsp3) is 0. The summed E-state index contributed by atoms with van der Waals surface area (Å²) in [6, 6.07) is 58.4. The van der Waals surface area contributed by atoms with Gasteiger partial charge in [0.15, 0.2) is 0 Å². The molecule has 0 radical (unpaired) electrons. The summed E-state index contributed by atoms with van der Waals surface area (Å²) < 4.78 is 4.73. The summed E-state index contributed by atoms with van der Waals surface area (Å²) in [5.41, 5.74) is 13.2. The third-order valence-electron chi connectivity index (χ3n) is 9.85. The summed E-state index contributed by atoms with van der Waals surface area (Å²) >= 11 is 0. The van der Waals surface area contributed by atoms with Crippen LogP contribution in [0.25, 0.3) is 88.5 Å². The number of aromatic nitrogens is 4. The van der Waals surface area contributed by atoms with Gasteiger partial charge in [-0.15, -0.1) is 0 Å². The molecule has 0 N–H and O–H groups in total. The first-order chi connectivity index (χ1) is 24.8. The topological polar surface area (TPSA) is 35.6 Å². The number of pyridine rings is 2. The molecule has 0 spiro atoms. The molecule has 4 heteroatoms. The maximum Gasteiger partial charge on any atom is 0.0787 e. The molecule has 234 valence electrons. The van der Waals surface area contributed by atoms with Gasteiger partial charge in [0.1, 0.15) is 0 Å². The zero-order chi connectivity index (χ0) is 33.0. The van der Waals surface area contributed by atoms with Gasteiger partial charge in [0.25, 0.3) is 0 Å². The molecule has 0 bridgehead atoms. The quantitative estimate of drug-likeness (QED) is 0.188. The predicted octanol–water partition coefficient (Wildman–Crippen LogP) is 11.7. The lowest BCUT2D eigenvalue weighted by Crippen LogP contribution is -1.98. The zero-order valence-electron chi connectivity index (χ0n) is 27.1. The number of hydrogen-bond donors (Lipinski definition) is 0. The van der Waals surface area contributed by atoms with Gasteiger partial charge in [-0.05, 0) is 71.8 Å². The van der Waals surface area contributed by atoms with Crippen molar-refractivity contribution in [2.45, 2.75) is 0 Å². The molecule has 0 saturated carbocycles. The van der Waals surface area contributed by atoms with Crippen molar-refractivity contribution in [2.75, 3.05) is 0 Å². The summed E-state index contributed by atoms with van der Waals surface area (Å²) in [6.45, 7) is 0. The van der Waals surface area contributed by atoms with Crippen LogP contribution < -0.4 is 0 Å². The van der Waals surface area contributed by atoms with Crippen LogP contribution >= 0.6 is 0 Å². The van der Waals surface area contributed by atoms with E-state index in [0.717, 1.165) is 44.9 Å². The highest BCUT2D eigenvalue weighted by molar-refractivity contribution is 6.10. The summed E-state index contributed by atoms with van der Waals surface area (Å²) in [4.78, 5) is 9.62. The first-order valence-electron chi connectivity index (χ1n) is 16.9. The van der Waals surface area contributed by atoms with Crippen molar-refractivity contribution in [1.82, 2.24) is 19.1 Å². The summed E-state index contributed by atoms with van der Waals surface area (Å²) in [7, 11) is 0. The molecule has 4 heterocycles. The van der Waals surface area contributed by atoms with E-state index in [0.29, 0.717) is 0 Å². The molecule has 4 aromatic heterocycles. The third kappa shape index (κ3) is 4.39. The minimum atomic E-state index is 0.917. The lowest BCUT2D eigenvalue weighted by Gasteiger charge is -2.17. The standard InChI is InChI=1S/C46H30N4/c1-5-21-41-37(17-1)38-18-2-6-22-42(38)49(41)34-15-9-12-31(28-34)36-25-27-48-46(45(36)33-14-11-26-47-30-33)32-13-10-16-35(29-32)50-43-23-7-3-19-39(43)40-20-4-8-24-44(40)50/h1-30H. The molecule has 0 amide bonds. The zero-order valence-corrected chi connectivity index (χ0v) is 27.1. The van der Waals surface area contributed by atoms with Crippen LogP contribution in [-0.2, 0) is 0 Å². The number of fused-ring (bicyclic) bond motifs is 6. The van der Waals surface area contributed by atoms with Crippen LogP contribution in [0.3, 0.4) is 0 Å². The van der Waals surface area contributed by atoms with E-state index in [4.69, 9.17) is 4.98 Å². The van der Waals surface area contributed by atoms with Crippen molar-refractivity contribution >= 4 is 43.6 Å². The summed E-state index contributed by atoms with van der Waals surface area (Å²) in [5.74, 6) is 0. The molecular weight excluding hydrogens is 609 g/mol. The van der Waals surface area contributed by atoms with Crippen molar-refractivity contribution in [3.8, 4) is 44.9 Å². The predicted molar refractivity (Wildman–Crippen MR) is 207 cm³/mol. The maximum absolute atomic E-state index is 5.07. The largest absolute Gasteiger partial charge is 0.309 e. The van der Waals surface area contributed by atoms with Crippen LogP contribution in [0.2, 0.25) is 0 Å². The lowest BCUT2D eigenvalue weighted by atomic mass is 9.91. The van der Waals surface area contributed by atoms with Gasteiger partial charge in [-0.1, -0.05) is 103 Å². The summed E-state index contributed by atoms with van der Waals surface area (Å²) in [6.07, 6.45) is 5.70. The van der Waals surface area contributed by atoms with E-state index in [-0.39, 0.29) is 0 Å². The fourth-order valence-electron chi connectivity index (χ4n) is 7.73. The van der Waals surface area contributed by atoms with Crippen molar-refractivity contribution in [1.29, 1.82) is 0 Å². The van der Waals surface area contributed by atoms with Crippen LogP contribution in [0.15, 0.2) is 182 Å². The Kier molecular flexibility index (Phi) is 6.46. The first kappa shape index (κ1) is 28.3. The van der Waals surface area contributed by atoms with Crippen LogP contribution in [0.4, 0.5) is 0 Å². The third-order valence-corrected chi connectivity index (χ3v) is 9.85. The lowest BCUT2D eigenvalue weighted by molar-refractivity contribution is 1.18. The molecule has 4 nitrogen and oxygen atoms in total. The first-order valence-corrected chi connectivity index (χ1v) is 16.9. The van der Waals surface area contributed by atoms with Crippen molar-refractivity contribution in [3.63, 3.8) is 0 Å². The number of rotatable bonds is 5. The highest BCUT2D eigenvalue weighted by Gasteiger charge is 2.19. The van der Waals surface area contributed by atoms with E-state index in [1.807, 2.05) is 24.7 Å². The molecule has 0 aliphatic heterocycles. The molecule has 0 saturated heterocycles. The van der Waals surface area contributed by atoms with Crippen LogP contribution in [-0.4, -0.2) is 19.1 Å². The van der Waals surface area contributed by atoms with Crippen LogP contribution in [0, 0.1) is 0 Å². The molecule has 0 atom stereocenters. The van der Waals surface area contributed by atoms with E-state index in [2.05, 4.69) is 172 Å². The minimum Gasteiger partial charge on any atom is -0.309 e. The van der Waals surface area contributed by atoms with Gasteiger partial charge in [-0.3, -0.25) is 9.97 Å². The fourth-order valence-corrected chi connectivity index (χ4v) is 7.73. The average Bonchev–Trinajstić information content (AvgIpc) is 3.71. The SMILES string of the molecule is c1cncc(-c2c(-c3cccc(-n4c5ccccc5c5ccccc54)c3)ccnc2-c2cccc(-n3c4ccccc4c4ccccc43)c2)c1. The Labute approximate surface area is 289 Å². The maximum atomic E-state index is 5.07. The summed E-state index contributed by atoms with van der Waals surface area (Å²) in [5, 5.41) is 4.98. The monoisotopic (exact) mass is 638 g/mol. The van der Waals surface area contributed by atoms with Crippen LogP contribution in [0.5, 0.6) is 0 Å². The molecule has 0 fully saturated rings. The van der Waals surface area contributed by atoms with Gasteiger partial charge in [-0.2, -0.15) is 0 Å². The van der Waals surface area contributed by atoms with E-state index >= 15 is 0 Å². The van der Waals surface area contributed by atoms with Crippen molar-refractivity contribution < 1.29 is 0 Å². The molecule has 6 aromatic carbocycles. The van der Waals surface area contributed by atoms with Gasteiger partial charge in [0, 0.05) is 68.2 Å². The smallest absolute Gasteiger partial charge is 0.0787 e. The van der Waals surface area contributed by atoms with Gasteiger partial charge in [-0.25, -0.2) is 0 Å². The van der Waals surface area contributed by atoms with Crippen molar-refractivity contribution in [3.05, 3.63) is 182 Å². The second kappa shape index (κ2) is 11.4. The number of hydrogen-bond acceptors (Lipinski definition) is 2. The highest BCUT2D eigenvalue weighted by Crippen LogP contribution is 2.41. The number of nitrogens with zero attached hydrogens (tertiary/aromatic N) is 4. The van der Waals surface area contributed by atoms with Gasteiger partial charge >= 0.3 is 0 Å². The molecule has 50 heavy (non-hydrogen) atoms. The van der Waals surface area contributed by atoms with Gasteiger partial charge < -0.3 is 9.13 Å². The van der Waals surface area contributed by atoms with E-state index in [1.165, 1.54) is 43.6 Å². The Morgan fingerprint density at radius 2 is 0.860 bits per heavy atom. The van der Waals surface area contributed by atoms with E-state index in [9.17, 15) is 0 Å². The molecule has 0 aliphatic rings.